The highest BCUT2D eigenvalue weighted by Gasteiger charge is 2.47. The predicted octanol–water partition coefficient (Wildman–Crippen LogP) is 16.7. The van der Waals surface area contributed by atoms with Crippen LogP contribution in [0.3, 0.4) is 0 Å². The summed E-state index contributed by atoms with van der Waals surface area (Å²) >= 11 is 0. The van der Waals surface area contributed by atoms with Gasteiger partial charge in [-0.25, -0.2) is 0 Å². The van der Waals surface area contributed by atoms with Gasteiger partial charge in [-0.1, -0.05) is 182 Å². The maximum Gasteiger partial charge on any atom is 0.143 e. The van der Waals surface area contributed by atoms with E-state index < -0.39 is 5.41 Å². The third-order valence-electron chi connectivity index (χ3n) is 13.4. The van der Waals surface area contributed by atoms with E-state index in [9.17, 15) is 0 Å². The van der Waals surface area contributed by atoms with Gasteiger partial charge >= 0.3 is 0 Å². The molecule has 0 radical (unpaired) electrons. The zero-order valence-electron chi connectivity index (χ0n) is 34.8. The summed E-state index contributed by atoms with van der Waals surface area (Å²) in [6.45, 7) is 0. The van der Waals surface area contributed by atoms with Crippen LogP contribution in [-0.4, -0.2) is 0 Å². The Morgan fingerprint density at radius 3 is 1.69 bits per heavy atom. The molecule has 3 nitrogen and oxygen atoms in total. The van der Waals surface area contributed by atoms with Gasteiger partial charge in [0.1, 0.15) is 22.3 Å². The van der Waals surface area contributed by atoms with Crippen LogP contribution in [0.15, 0.2) is 245 Å². The molecule has 0 spiro atoms. The molecule has 3 heteroatoms. The summed E-state index contributed by atoms with van der Waals surface area (Å²) < 4.78 is 12.9. The monoisotopic (exact) mass is 817 g/mol. The number of anilines is 3. The highest BCUT2D eigenvalue weighted by atomic mass is 16.3. The summed E-state index contributed by atoms with van der Waals surface area (Å²) in [5.41, 5.74) is 18.2. The molecule has 0 saturated carbocycles. The molecule has 10 aromatic carbocycles. The predicted molar refractivity (Wildman–Crippen MR) is 264 cm³/mol. The minimum Gasteiger partial charge on any atom is -0.456 e. The topological polar surface area (TPSA) is 29.5 Å². The summed E-state index contributed by atoms with van der Waals surface area (Å²) in [7, 11) is 0. The molecule has 1 aliphatic carbocycles. The Hall–Kier alpha value is -8.40. The number of benzene rings is 10. The van der Waals surface area contributed by atoms with Crippen LogP contribution < -0.4 is 4.90 Å². The first-order valence-electron chi connectivity index (χ1n) is 21.9. The van der Waals surface area contributed by atoms with Crippen LogP contribution in [0.1, 0.15) is 22.3 Å². The average Bonchev–Trinajstić information content (AvgIpc) is 4.03. The van der Waals surface area contributed by atoms with E-state index in [2.05, 4.69) is 223 Å². The first-order chi connectivity index (χ1) is 31.7. The minimum atomic E-state index is -0.525. The van der Waals surface area contributed by atoms with Gasteiger partial charge in [0.25, 0.3) is 0 Å². The van der Waals surface area contributed by atoms with Gasteiger partial charge in [0.2, 0.25) is 0 Å². The lowest BCUT2D eigenvalue weighted by molar-refractivity contribution is 0.669. The second kappa shape index (κ2) is 14.3. The average molecular weight is 818 g/mol. The fourth-order valence-corrected chi connectivity index (χ4v) is 10.6. The molecule has 2 aromatic heterocycles. The molecular formula is C61H39NO2. The van der Waals surface area contributed by atoms with Crippen LogP contribution in [0.4, 0.5) is 17.1 Å². The molecule has 300 valence electrons. The Bertz CT molecular complexity index is 3680. The number of hydrogen-bond acceptors (Lipinski definition) is 3. The van der Waals surface area contributed by atoms with E-state index in [1.807, 2.05) is 18.2 Å². The van der Waals surface area contributed by atoms with Gasteiger partial charge in [-0.3, -0.25) is 0 Å². The fourth-order valence-electron chi connectivity index (χ4n) is 10.6. The summed E-state index contributed by atoms with van der Waals surface area (Å²) in [5, 5.41) is 4.41. The largest absolute Gasteiger partial charge is 0.456 e. The van der Waals surface area contributed by atoms with Crippen LogP contribution in [0.2, 0.25) is 0 Å². The van der Waals surface area contributed by atoms with Crippen LogP contribution in [0.5, 0.6) is 0 Å². The minimum absolute atomic E-state index is 0.525. The van der Waals surface area contributed by atoms with E-state index in [4.69, 9.17) is 8.83 Å². The van der Waals surface area contributed by atoms with E-state index >= 15 is 0 Å². The molecule has 0 amide bonds. The van der Waals surface area contributed by atoms with Crippen LogP contribution in [-0.2, 0) is 5.41 Å². The fraction of sp³-hybridized carbons (Fsp3) is 0.0164. The number of fused-ring (bicyclic) bond motifs is 9. The van der Waals surface area contributed by atoms with Gasteiger partial charge in [0.05, 0.1) is 11.1 Å². The van der Waals surface area contributed by atoms with Crippen LogP contribution >= 0.6 is 0 Å². The molecule has 0 saturated heterocycles. The molecule has 2 heterocycles. The van der Waals surface area contributed by atoms with Crippen molar-refractivity contribution in [3.63, 3.8) is 0 Å². The van der Waals surface area contributed by atoms with Crippen LogP contribution in [0, 0.1) is 0 Å². The summed E-state index contributed by atoms with van der Waals surface area (Å²) in [5.74, 6) is 0. The Morgan fingerprint density at radius 2 is 0.891 bits per heavy atom. The maximum absolute atomic E-state index is 6.55. The molecule has 0 atom stereocenters. The highest BCUT2D eigenvalue weighted by Crippen LogP contribution is 2.59. The first-order valence-corrected chi connectivity index (χ1v) is 21.9. The number of furan rings is 2. The third kappa shape index (κ3) is 5.41. The number of hydrogen-bond donors (Lipinski definition) is 0. The molecule has 12 aromatic rings. The van der Waals surface area contributed by atoms with Crippen molar-refractivity contribution in [3.05, 3.63) is 259 Å². The summed E-state index contributed by atoms with van der Waals surface area (Å²) in [4.78, 5) is 2.44. The molecule has 0 bridgehead atoms. The van der Waals surface area contributed by atoms with Crippen molar-refractivity contribution in [2.45, 2.75) is 5.41 Å². The van der Waals surface area contributed by atoms with Crippen molar-refractivity contribution in [3.8, 4) is 33.4 Å². The smallest absolute Gasteiger partial charge is 0.143 e. The van der Waals surface area contributed by atoms with E-state index in [0.29, 0.717) is 0 Å². The van der Waals surface area contributed by atoms with E-state index in [1.54, 1.807) is 0 Å². The molecule has 13 rings (SSSR count). The van der Waals surface area contributed by atoms with Crippen LogP contribution in [0.25, 0.3) is 77.3 Å². The SMILES string of the molecule is c1ccc(-c2cccc3c2oc2ccc(-c4ccc(N(c5ccc6oc7ccccc7c6c5)c5cccc6c5-c5ccccc5C6(c5ccccc5)c5ccccc5)cc4)cc23)cc1. The Balaban J connectivity index is 1.01. The molecule has 1 aliphatic rings. The van der Waals surface area contributed by atoms with Crippen molar-refractivity contribution in [2.75, 3.05) is 4.90 Å². The van der Waals surface area contributed by atoms with Crippen molar-refractivity contribution in [1.82, 2.24) is 0 Å². The number of rotatable bonds is 7. The summed E-state index contributed by atoms with van der Waals surface area (Å²) in [6.07, 6.45) is 0. The second-order valence-corrected chi connectivity index (χ2v) is 16.7. The molecular weight excluding hydrogens is 779 g/mol. The Labute approximate surface area is 370 Å². The second-order valence-electron chi connectivity index (χ2n) is 16.7. The molecule has 0 N–H and O–H groups in total. The summed E-state index contributed by atoms with van der Waals surface area (Å²) in [6, 6.07) is 85.3. The zero-order valence-corrected chi connectivity index (χ0v) is 34.8. The lowest BCUT2D eigenvalue weighted by Crippen LogP contribution is -2.28. The van der Waals surface area contributed by atoms with Gasteiger partial charge in [-0.15, -0.1) is 0 Å². The standard InChI is InChI=1S/C61H39NO2/c1-4-16-41(17-5-1)47-24-14-25-49-51-38-42(32-36-58(51)64-60(47)49)40-30-33-45(34-31-40)62(46-35-37-57-52(39-46)48-22-11-13-29-56(48)63-57)55-28-15-27-54-59(55)50-23-10-12-26-53(50)61(54,43-18-6-2-7-19-43)44-20-8-3-9-21-44/h1-39H. The van der Waals surface area contributed by atoms with E-state index in [-0.39, 0.29) is 0 Å². The Morgan fingerprint density at radius 1 is 0.328 bits per heavy atom. The van der Waals surface area contributed by atoms with E-state index in [0.717, 1.165) is 83.2 Å². The first kappa shape index (κ1) is 36.3. The Kier molecular flexibility index (Phi) is 8.13. The van der Waals surface area contributed by atoms with Gasteiger partial charge in [0.15, 0.2) is 0 Å². The molecule has 64 heavy (non-hydrogen) atoms. The lowest BCUT2D eigenvalue weighted by Gasteiger charge is -2.34. The lowest BCUT2D eigenvalue weighted by atomic mass is 9.68. The maximum atomic E-state index is 6.55. The van der Waals surface area contributed by atoms with Crippen molar-refractivity contribution < 1.29 is 8.83 Å². The highest BCUT2D eigenvalue weighted by molar-refractivity contribution is 6.11. The van der Waals surface area contributed by atoms with E-state index in [1.165, 1.54) is 33.4 Å². The van der Waals surface area contributed by atoms with Crippen molar-refractivity contribution in [2.24, 2.45) is 0 Å². The van der Waals surface area contributed by atoms with Gasteiger partial charge in [0, 0.05) is 44.0 Å². The molecule has 0 fully saturated rings. The van der Waals surface area contributed by atoms with Gasteiger partial charge in [-0.2, -0.15) is 0 Å². The van der Waals surface area contributed by atoms with Crippen molar-refractivity contribution in [1.29, 1.82) is 0 Å². The van der Waals surface area contributed by atoms with Gasteiger partial charge < -0.3 is 13.7 Å². The number of para-hydroxylation sites is 2. The van der Waals surface area contributed by atoms with Gasteiger partial charge in [-0.05, 0) is 99.1 Å². The van der Waals surface area contributed by atoms with Crippen molar-refractivity contribution >= 4 is 60.9 Å². The molecule has 0 aliphatic heterocycles. The third-order valence-corrected chi connectivity index (χ3v) is 13.4. The number of nitrogens with zero attached hydrogens (tertiary/aromatic N) is 1. The zero-order chi connectivity index (χ0) is 42.2. The molecule has 0 unspecified atom stereocenters. The normalized spacial score (nSPS) is 12.8. The quantitative estimate of drug-likeness (QED) is 0.160.